The maximum absolute atomic E-state index is 9.89. The third kappa shape index (κ3) is 3.24. The van der Waals surface area contributed by atoms with Crippen molar-refractivity contribution in [2.24, 2.45) is 0 Å². The van der Waals surface area contributed by atoms with Crippen LogP contribution in [0, 0.1) is 0 Å². The Bertz CT molecular complexity index is 305. The normalized spacial score (nSPS) is 12.8. The molecule has 0 radical (unpaired) electrons. The third-order valence-corrected chi connectivity index (χ3v) is 2.87. The summed E-state index contributed by atoms with van der Waals surface area (Å²) in [6, 6.07) is 7.76. The summed E-state index contributed by atoms with van der Waals surface area (Å²) < 4.78 is 5.91. The Morgan fingerprint density at radius 1 is 1.06 bits per heavy atom. The van der Waals surface area contributed by atoms with E-state index in [0.717, 1.165) is 24.2 Å². The molecule has 1 unspecified atom stereocenters. The first kappa shape index (κ1) is 13.0. The molecule has 0 bridgehead atoms. The monoisotopic (exact) mass is 222 g/mol. The fourth-order valence-corrected chi connectivity index (χ4v) is 1.72. The van der Waals surface area contributed by atoms with Crippen LogP contribution in [0.3, 0.4) is 0 Å². The molecule has 90 valence electrons. The first-order valence-electron chi connectivity index (χ1n) is 6.16. The van der Waals surface area contributed by atoms with Gasteiger partial charge in [0.25, 0.3) is 0 Å². The van der Waals surface area contributed by atoms with Crippen LogP contribution in [0.4, 0.5) is 0 Å². The Balaban J connectivity index is 2.86. The lowest BCUT2D eigenvalue weighted by Gasteiger charge is -2.20. The molecule has 0 amide bonds. The molecule has 1 aromatic rings. The summed E-state index contributed by atoms with van der Waals surface area (Å²) >= 11 is 0. The van der Waals surface area contributed by atoms with Gasteiger partial charge in [-0.15, -0.1) is 0 Å². The molecule has 1 N–H and O–H groups in total. The van der Waals surface area contributed by atoms with E-state index in [0.29, 0.717) is 6.42 Å². The van der Waals surface area contributed by atoms with E-state index in [2.05, 4.69) is 13.8 Å². The Morgan fingerprint density at radius 2 is 1.69 bits per heavy atom. The van der Waals surface area contributed by atoms with E-state index >= 15 is 0 Å². The highest BCUT2D eigenvalue weighted by atomic mass is 16.5. The topological polar surface area (TPSA) is 29.5 Å². The summed E-state index contributed by atoms with van der Waals surface area (Å²) in [6.45, 7) is 6.21. The first-order valence-corrected chi connectivity index (χ1v) is 6.16. The molecular formula is C14H22O2. The van der Waals surface area contributed by atoms with Gasteiger partial charge in [0.15, 0.2) is 0 Å². The second-order valence-corrected chi connectivity index (χ2v) is 4.02. The van der Waals surface area contributed by atoms with E-state index in [1.54, 1.807) is 0 Å². The Kier molecular flexibility index (Phi) is 5.33. The van der Waals surface area contributed by atoms with Crippen LogP contribution in [0.5, 0.6) is 5.75 Å². The minimum atomic E-state index is -0.425. The van der Waals surface area contributed by atoms with Crippen LogP contribution in [-0.2, 0) is 0 Å². The number of para-hydroxylation sites is 1. The second-order valence-electron chi connectivity index (χ2n) is 4.02. The standard InChI is InChI=1S/C14H22O2/c1-4-11(5-2)16-14-10-8-7-9-12(14)13(15)6-3/h7-11,13,15H,4-6H2,1-3H3. The van der Waals surface area contributed by atoms with Crippen LogP contribution in [0.15, 0.2) is 24.3 Å². The number of ether oxygens (including phenoxy) is 1. The number of aliphatic hydroxyl groups excluding tert-OH is 1. The molecule has 0 fully saturated rings. The van der Waals surface area contributed by atoms with E-state index < -0.39 is 6.10 Å². The van der Waals surface area contributed by atoms with Crippen LogP contribution < -0.4 is 4.74 Å². The number of hydrogen-bond acceptors (Lipinski definition) is 2. The van der Waals surface area contributed by atoms with Gasteiger partial charge in [-0.05, 0) is 25.3 Å². The van der Waals surface area contributed by atoms with Gasteiger partial charge in [-0.25, -0.2) is 0 Å². The van der Waals surface area contributed by atoms with E-state index in [4.69, 9.17) is 4.74 Å². The smallest absolute Gasteiger partial charge is 0.125 e. The van der Waals surface area contributed by atoms with Gasteiger partial charge in [0, 0.05) is 5.56 Å². The zero-order valence-electron chi connectivity index (χ0n) is 10.4. The zero-order valence-corrected chi connectivity index (χ0v) is 10.4. The lowest BCUT2D eigenvalue weighted by atomic mass is 10.1. The summed E-state index contributed by atoms with van der Waals surface area (Å²) in [4.78, 5) is 0. The predicted molar refractivity (Wildman–Crippen MR) is 66.7 cm³/mol. The molecule has 0 aromatic heterocycles. The van der Waals surface area contributed by atoms with E-state index in [1.165, 1.54) is 0 Å². The Morgan fingerprint density at radius 3 is 2.25 bits per heavy atom. The molecule has 0 aliphatic carbocycles. The third-order valence-electron chi connectivity index (χ3n) is 2.87. The molecule has 2 nitrogen and oxygen atoms in total. The minimum absolute atomic E-state index is 0.241. The molecule has 0 spiro atoms. The fourth-order valence-electron chi connectivity index (χ4n) is 1.72. The average molecular weight is 222 g/mol. The average Bonchev–Trinajstić information content (AvgIpc) is 2.35. The van der Waals surface area contributed by atoms with Crippen molar-refractivity contribution in [2.45, 2.75) is 52.2 Å². The van der Waals surface area contributed by atoms with Crippen LogP contribution in [0.25, 0.3) is 0 Å². The molecule has 0 saturated carbocycles. The zero-order chi connectivity index (χ0) is 12.0. The van der Waals surface area contributed by atoms with Gasteiger partial charge >= 0.3 is 0 Å². The van der Waals surface area contributed by atoms with Crippen molar-refractivity contribution in [3.63, 3.8) is 0 Å². The van der Waals surface area contributed by atoms with Crippen molar-refractivity contribution in [1.82, 2.24) is 0 Å². The molecule has 1 aromatic carbocycles. The summed E-state index contributed by atoms with van der Waals surface area (Å²) in [6.07, 6.45) is 2.51. The SMILES string of the molecule is CCC(CC)Oc1ccccc1C(O)CC. The quantitative estimate of drug-likeness (QED) is 0.795. The highest BCUT2D eigenvalue weighted by Crippen LogP contribution is 2.28. The molecular weight excluding hydrogens is 200 g/mol. The van der Waals surface area contributed by atoms with E-state index in [-0.39, 0.29) is 6.10 Å². The van der Waals surface area contributed by atoms with Crippen LogP contribution in [0.1, 0.15) is 51.7 Å². The summed E-state index contributed by atoms with van der Waals surface area (Å²) in [7, 11) is 0. The molecule has 1 rings (SSSR count). The molecule has 0 heterocycles. The maximum Gasteiger partial charge on any atom is 0.125 e. The molecule has 1 atom stereocenters. The summed E-state index contributed by atoms with van der Waals surface area (Å²) in [5, 5.41) is 9.89. The fraction of sp³-hybridized carbons (Fsp3) is 0.571. The van der Waals surface area contributed by atoms with Gasteiger partial charge in [0.05, 0.1) is 12.2 Å². The molecule has 0 saturated heterocycles. The largest absolute Gasteiger partial charge is 0.490 e. The van der Waals surface area contributed by atoms with Gasteiger partial charge in [-0.3, -0.25) is 0 Å². The lowest BCUT2D eigenvalue weighted by molar-refractivity contribution is 0.152. The van der Waals surface area contributed by atoms with Gasteiger partial charge < -0.3 is 9.84 Å². The van der Waals surface area contributed by atoms with E-state index in [9.17, 15) is 5.11 Å². The lowest BCUT2D eigenvalue weighted by Crippen LogP contribution is -2.15. The van der Waals surface area contributed by atoms with Crippen molar-refractivity contribution in [3.8, 4) is 5.75 Å². The molecule has 0 aliphatic heterocycles. The predicted octanol–water partition coefficient (Wildman–Crippen LogP) is 3.70. The van der Waals surface area contributed by atoms with Crippen LogP contribution >= 0.6 is 0 Å². The maximum atomic E-state index is 9.89. The van der Waals surface area contributed by atoms with Gasteiger partial charge in [-0.1, -0.05) is 39.0 Å². The summed E-state index contributed by atoms with van der Waals surface area (Å²) in [5.74, 6) is 0.825. The second kappa shape index (κ2) is 6.54. The summed E-state index contributed by atoms with van der Waals surface area (Å²) in [5.41, 5.74) is 0.900. The van der Waals surface area contributed by atoms with Crippen molar-refractivity contribution in [3.05, 3.63) is 29.8 Å². The van der Waals surface area contributed by atoms with Crippen LogP contribution in [0.2, 0.25) is 0 Å². The van der Waals surface area contributed by atoms with Crippen molar-refractivity contribution in [1.29, 1.82) is 0 Å². The first-order chi connectivity index (χ1) is 7.72. The van der Waals surface area contributed by atoms with Crippen LogP contribution in [-0.4, -0.2) is 11.2 Å². The highest BCUT2D eigenvalue weighted by molar-refractivity contribution is 5.35. The van der Waals surface area contributed by atoms with Crippen molar-refractivity contribution < 1.29 is 9.84 Å². The van der Waals surface area contributed by atoms with Gasteiger partial charge in [0.2, 0.25) is 0 Å². The van der Waals surface area contributed by atoms with E-state index in [1.807, 2.05) is 31.2 Å². The molecule has 16 heavy (non-hydrogen) atoms. The molecule has 2 heteroatoms. The number of rotatable bonds is 6. The molecule has 0 aliphatic rings. The van der Waals surface area contributed by atoms with Crippen molar-refractivity contribution >= 4 is 0 Å². The minimum Gasteiger partial charge on any atom is -0.490 e. The Hall–Kier alpha value is -1.02. The van der Waals surface area contributed by atoms with Gasteiger partial charge in [0.1, 0.15) is 5.75 Å². The van der Waals surface area contributed by atoms with Gasteiger partial charge in [-0.2, -0.15) is 0 Å². The highest BCUT2D eigenvalue weighted by Gasteiger charge is 2.13. The van der Waals surface area contributed by atoms with Crippen molar-refractivity contribution in [2.75, 3.05) is 0 Å². The number of hydrogen-bond donors (Lipinski definition) is 1. The number of benzene rings is 1. The number of aliphatic hydroxyl groups is 1. The Labute approximate surface area is 98.3 Å².